The molecule has 0 aliphatic carbocycles. The molecular weight excluding hydrogens is 396 g/mol. The van der Waals surface area contributed by atoms with Gasteiger partial charge in [-0.25, -0.2) is 4.68 Å². The molecule has 0 aliphatic heterocycles. The number of thiazole rings is 1. The fraction of sp³-hybridized carbons (Fsp3) is 0.261. The van der Waals surface area contributed by atoms with Gasteiger partial charge in [-0.1, -0.05) is 29.5 Å². The van der Waals surface area contributed by atoms with Gasteiger partial charge >= 0.3 is 0 Å². The molecule has 2 aromatic heterocycles. The Morgan fingerprint density at radius 2 is 1.87 bits per heavy atom. The van der Waals surface area contributed by atoms with Crippen molar-refractivity contribution in [3.05, 3.63) is 75.8 Å². The minimum Gasteiger partial charge on any atom is -0.383 e. The first-order chi connectivity index (χ1) is 14.5. The molecule has 7 heteroatoms. The minimum atomic E-state index is -0.291. The zero-order chi connectivity index (χ0) is 21.3. The number of hydrogen-bond acceptors (Lipinski definition) is 4. The summed E-state index contributed by atoms with van der Waals surface area (Å²) in [6.07, 6.45) is 1.59. The van der Waals surface area contributed by atoms with Crippen LogP contribution in [0.4, 0.5) is 0 Å². The number of hydrogen-bond donors (Lipinski definition) is 0. The highest BCUT2D eigenvalue weighted by Gasteiger charge is 2.16. The summed E-state index contributed by atoms with van der Waals surface area (Å²) >= 11 is 1.52. The van der Waals surface area contributed by atoms with E-state index in [9.17, 15) is 4.79 Å². The summed E-state index contributed by atoms with van der Waals surface area (Å²) in [4.78, 5) is 18.2. The number of methoxy groups -OCH3 is 1. The van der Waals surface area contributed by atoms with E-state index in [0.717, 1.165) is 21.6 Å². The smallest absolute Gasteiger partial charge is 0.283 e. The summed E-state index contributed by atoms with van der Waals surface area (Å²) in [6, 6.07) is 14.1. The highest BCUT2D eigenvalue weighted by Crippen LogP contribution is 2.22. The quantitative estimate of drug-likeness (QED) is 0.486. The van der Waals surface area contributed by atoms with Crippen molar-refractivity contribution >= 4 is 27.5 Å². The zero-order valence-corrected chi connectivity index (χ0v) is 18.4. The summed E-state index contributed by atoms with van der Waals surface area (Å²) in [5.74, 6) is -0.291. The number of carbonyl (C=O) groups is 1. The third-order valence-corrected chi connectivity index (χ3v) is 6.30. The normalized spacial score (nSPS) is 12.1. The lowest BCUT2D eigenvalue weighted by Crippen LogP contribution is -2.19. The molecule has 0 radical (unpaired) electrons. The van der Waals surface area contributed by atoms with E-state index in [1.165, 1.54) is 22.5 Å². The largest absolute Gasteiger partial charge is 0.383 e. The van der Waals surface area contributed by atoms with Crippen molar-refractivity contribution in [1.29, 1.82) is 0 Å². The number of aryl methyl sites for hydroxylation is 2. The van der Waals surface area contributed by atoms with Crippen LogP contribution in [0.25, 0.3) is 15.9 Å². The van der Waals surface area contributed by atoms with Gasteiger partial charge in [-0.05, 0) is 56.2 Å². The molecule has 0 N–H and O–H groups in total. The Bertz CT molecular complexity index is 1280. The predicted molar refractivity (Wildman–Crippen MR) is 119 cm³/mol. The first-order valence-electron chi connectivity index (χ1n) is 9.78. The first kappa shape index (κ1) is 20.3. The zero-order valence-electron chi connectivity index (χ0n) is 17.5. The maximum atomic E-state index is 13.1. The molecule has 2 heterocycles. The van der Waals surface area contributed by atoms with Crippen molar-refractivity contribution in [2.45, 2.75) is 27.3 Å². The topological polar surface area (TPSA) is 61.4 Å². The van der Waals surface area contributed by atoms with Gasteiger partial charge in [-0.15, -0.1) is 0 Å². The van der Waals surface area contributed by atoms with Crippen molar-refractivity contribution < 1.29 is 9.53 Å². The van der Waals surface area contributed by atoms with Crippen molar-refractivity contribution in [1.82, 2.24) is 14.3 Å². The number of carbonyl (C=O) groups excluding carboxylic acids is 1. The fourth-order valence-corrected chi connectivity index (χ4v) is 4.54. The number of amides is 1. The number of benzene rings is 2. The molecule has 0 spiro atoms. The monoisotopic (exact) mass is 420 g/mol. The van der Waals surface area contributed by atoms with E-state index in [1.807, 2.05) is 37.3 Å². The van der Waals surface area contributed by atoms with E-state index < -0.39 is 0 Å². The van der Waals surface area contributed by atoms with Gasteiger partial charge in [-0.3, -0.25) is 4.79 Å². The Morgan fingerprint density at radius 3 is 2.60 bits per heavy atom. The Balaban J connectivity index is 1.79. The summed E-state index contributed by atoms with van der Waals surface area (Å²) in [5.41, 5.74) is 5.69. The Kier molecular flexibility index (Phi) is 5.65. The molecule has 1 amide bonds. The summed E-state index contributed by atoms with van der Waals surface area (Å²) < 4.78 is 10.2. The number of aromatic nitrogens is 3. The van der Waals surface area contributed by atoms with Crippen LogP contribution in [-0.2, 0) is 11.3 Å². The first-order valence-corrected chi connectivity index (χ1v) is 10.6. The van der Waals surface area contributed by atoms with E-state index in [2.05, 4.69) is 40.6 Å². The van der Waals surface area contributed by atoms with Crippen molar-refractivity contribution in [3.8, 4) is 5.69 Å². The highest BCUT2D eigenvalue weighted by molar-refractivity contribution is 7.16. The van der Waals surface area contributed by atoms with Gasteiger partial charge in [0.15, 0.2) is 4.80 Å². The molecule has 0 saturated carbocycles. The number of fused-ring (bicyclic) bond motifs is 1. The number of rotatable bonds is 5. The van der Waals surface area contributed by atoms with E-state index >= 15 is 0 Å². The van der Waals surface area contributed by atoms with Gasteiger partial charge in [-0.2, -0.15) is 10.1 Å². The van der Waals surface area contributed by atoms with Gasteiger partial charge in [0.25, 0.3) is 5.91 Å². The van der Waals surface area contributed by atoms with E-state index in [1.54, 1.807) is 18.0 Å². The molecule has 4 aromatic rings. The average molecular weight is 421 g/mol. The van der Waals surface area contributed by atoms with Gasteiger partial charge in [0.05, 0.1) is 40.0 Å². The molecule has 0 saturated heterocycles. The van der Waals surface area contributed by atoms with Gasteiger partial charge in [0.2, 0.25) is 0 Å². The number of ether oxygens (including phenoxy) is 1. The minimum absolute atomic E-state index is 0.291. The van der Waals surface area contributed by atoms with Crippen LogP contribution >= 0.6 is 11.3 Å². The lowest BCUT2D eigenvalue weighted by atomic mass is 10.1. The molecule has 30 heavy (non-hydrogen) atoms. The molecule has 2 aromatic carbocycles. The summed E-state index contributed by atoms with van der Waals surface area (Å²) in [6.45, 7) is 7.26. The molecule has 6 nitrogen and oxygen atoms in total. The molecule has 0 fully saturated rings. The summed E-state index contributed by atoms with van der Waals surface area (Å²) in [7, 11) is 1.67. The van der Waals surface area contributed by atoms with Gasteiger partial charge in [0, 0.05) is 13.7 Å². The van der Waals surface area contributed by atoms with E-state index in [0.29, 0.717) is 23.5 Å². The average Bonchev–Trinajstić information content (AvgIpc) is 3.27. The van der Waals surface area contributed by atoms with Crippen LogP contribution in [0.1, 0.15) is 27.2 Å². The van der Waals surface area contributed by atoms with Crippen LogP contribution in [0.5, 0.6) is 0 Å². The van der Waals surface area contributed by atoms with Crippen molar-refractivity contribution in [2.24, 2.45) is 4.99 Å². The molecule has 0 unspecified atom stereocenters. The second kappa shape index (κ2) is 8.38. The molecule has 154 valence electrons. The molecule has 0 atom stereocenters. The van der Waals surface area contributed by atoms with Crippen LogP contribution in [0.15, 0.2) is 53.7 Å². The summed E-state index contributed by atoms with van der Waals surface area (Å²) in [5, 5.41) is 4.40. The maximum Gasteiger partial charge on any atom is 0.283 e. The third kappa shape index (κ3) is 3.74. The Hall–Kier alpha value is -3.03. The maximum absolute atomic E-state index is 13.1. The lowest BCUT2D eigenvalue weighted by Gasteiger charge is -2.06. The predicted octanol–water partition coefficient (Wildman–Crippen LogP) is 4.20. The molecule has 0 bridgehead atoms. The second-order valence-corrected chi connectivity index (χ2v) is 8.25. The molecule has 4 rings (SSSR count). The van der Waals surface area contributed by atoms with Crippen molar-refractivity contribution in [2.75, 3.05) is 13.7 Å². The van der Waals surface area contributed by atoms with E-state index in [4.69, 9.17) is 4.74 Å². The standard InChI is InChI=1S/C23H24N4O2S/c1-15-12-20-21(13-16(15)2)30-23(26(20)10-11-29-4)25-22(28)19-14-24-27(17(19)3)18-8-6-5-7-9-18/h5-9,12-14H,10-11H2,1-4H3. The second-order valence-electron chi connectivity index (χ2n) is 7.24. The Labute approximate surface area is 179 Å². The van der Waals surface area contributed by atoms with Crippen LogP contribution in [0.2, 0.25) is 0 Å². The molecule has 0 aliphatic rings. The van der Waals surface area contributed by atoms with Crippen LogP contribution in [0.3, 0.4) is 0 Å². The third-order valence-electron chi connectivity index (χ3n) is 5.26. The van der Waals surface area contributed by atoms with Crippen LogP contribution < -0.4 is 4.80 Å². The van der Waals surface area contributed by atoms with E-state index in [-0.39, 0.29) is 5.91 Å². The fourth-order valence-electron chi connectivity index (χ4n) is 3.40. The van der Waals surface area contributed by atoms with Crippen molar-refractivity contribution in [3.63, 3.8) is 0 Å². The van der Waals surface area contributed by atoms with Crippen LogP contribution in [0, 0.1) is 20.8 Å². The SMILES string of the molecule is COCCn1c(=NC(=O)c2cnn(-c3ccccc3)c2C)sc2cc(C)c(C)cc21. The molecular formula is C23H24N4O2S. The van der Waals surface area contributed by atoms with Crippen LogP contribution in [-0.4, -0.2) is 34.0 Å². The Morgan fingerprint density at radius 1 is 1.13 bits per heavy atom. The lowest BCUT2D eigenvalue weighted by molar-refractivity contribution is 0.0996. The van der Waals surface area contributed by atoms with Gasteiger partial charge < -0.3 is 9.30 Å². The highest BCUT2D eigenvalue weighted by atomic mass is 32.1. The number of para-hydroxylation sites is 1. The number of nitrogens with zero attached hydrogens (tertiary/aromatic N) is 4. The van der Waals surface area contributed by atoms with Gasteiger partial charge in [0.1, 0.15) is 0 Å².